The molecule has 8 rings (SSSR count). The number of esters is 1. The van der Waals surface area contributed by atoms with Crippen molar-refractivity contribution in [2.45, 2.75) is 43.0 Å². The third-order valence-electron chi connectivity index (χ3n) is 10.3. The Labute approximate surface area is 367 Å². The molecule has 0 radical (unpaired) electrons. The predicted octanol–water partition coefficient (Wildman–Crippen LogP) is 8.90. The van der Waals surface area contributed by atoms with Crippen molar-refractivity contribution in [2.75, 3.05) is 16.9 Å². The lowest BCUT2D eigenvalue weighted by Crippen LogP contribution is -2.71. The maximum Gasteiger partial charge on any atom is 0.356 e. The molecule has 308 valence electrons. The van der Waals surface area contributed by atoms with Gasteiger partial charge in [0.05, 0.1) is 0 Å². The maximum atomic E-state index is 14.3. The molecular formula is C48H42ClN5O5S2. The van der Waals surface area contributed by atoms with Crippen LogP contribution in [0.1, 0.15) is 53.5 Å². The Morgan fingerprint density at radius 1 is 0.820 bits per heavy atom. The standard InChI is InChI=1S/C48H42ClN5O5S2/c1-31(2)59-53-39(38-30-61-47(50-38)52-48(35-22-12-5-13-23-35,36-24-14-6-15-25-36)37-26-16-7-17-27-37)43(55)51-40-44(56)54-41(34(28-49)29-60-45(40)54)46(57)58-42(32-18-8-3-9-19-32)33-20-10-4-11-21-33/h3-27,30-31,40,42,45H,28-29H2,1-2H3,(H,50,52)(H,51,55)/t40?,45-/m0/s1. The van der Waals surface area contributed by atoms with Gasteiger partial charge < -0.3 is 20.2 Å². The number of carbonyl (C=O) groups is 3. The number of nitrogens with one attached hydrogen (secondary N) is 2. The minimum atomic E-state index is -0.974. The quantitative estimate of drug-likeness (QED) is 0.0262. The van der Waals surface area contributed by atoms with E-state index in [-0.39, 0.29) is 29.1 Å². The first-order valence-electron chi connectivity index (χ1n) is 19.8. The monoisotopic (exact) mass is 867 g/mol. The van der Waals surface area contributed by atoms with Gasteiger partial charge in [-0.25, -0.2) is 9.78 Å². The van der Waals surface area contributed by atoms with Gasteiger partial charge >= 0.3 is 5.97 Å². The minimum absolute atomic E-state index is 0.0238. The number of ether oxygens (including phenoxy) is 1. The van der Waals surface area contributed by atoms with Crippen LogP contribution in [0.15, 0.2) is 173 Å². The average molecular weight is 868 g/mol. The van der Waals surface area contributed by atoms with Crippen molar-refractivity contribution in [2.24, 2.45) is 5.16 Å². The molecule has 1 saturated heterocycles. The second-order valence-electron chi connectivity index (χ2n) is 14.7. The van der Waals surface area contributed by atoms with E-state index in [2.05, 4.69) is 52.2 Å². The first kappa shape index (κ1) is 41.5. The SMILES string of the molecule is CC(C)ON=C(C(=O)NC1C(=O)N2C(C(=O)OC(c3ccccc3)c3ccccc3)=C(CCl)CS[C@@H]12)c1csc(NC(c2ccccc2)(c2ccccc2)c2ccccc2)n1. The fourth-order valence-electron chi connectivity index (χ4n) is 7.48. The summed E-state index contributed by atoms with van der Waals surface area (Å²) in [7, 11) is 0. The zero-order chi connectivity index (χ0) is 42.3. The van der Waals surface area contributed by atoms with E-state index >= 15 is 0 Å². The van der Waals surface area contributed by atoms with Gasteiger partial charge in [-0.15, -0.1) is 34.7 Å². The van der Waals surface area contributed by atoms with Crippen LogP contribution in [0.5, 0.6) is 0 Å². The van der Waals surface area contributed by atoms with Crippen molar-refractivity contribution in [1.29, 1.82) is 0 Å². The van der Waals surface area contributed by atoms with E-state index in [0.29, 0.717) is 16.5 Å². The van der Waals surface area contributed by atoms with E-state index in [0.717, 1.165) is 27.8 Å². The molecule has 0 saturated carbocycles. The van der Waals surface area contributed by atoms with Crippen LogP contribution < -0.4 is 10.6 Å². The summed E-state index contributed by atoms with van der Waals surface area (Å²) < 4.78 is 6.19. The normalized spacial score (nSPS) is 16.5. The molecule has 1 fully saturated rings. The molecule has 1 aromatic heterocycles. The van der Waals surface area contributed by atoms with Crippen LogP contribution in [-0.4, -0.2) is 62.5 Å². The Hall–Kier alpha value is -6.21. The van der Waals surface area contributed by atoms with Crippen LogP contribution in [0.3, 0.4) is 0 Å². The summed E-state index contributed by atoms with van der Waals surface area (Å²) in [5.41, 5.74) is 4.48. The molecule has 3 heterocycles. The highest BCUT2D eigenvalue weighted by Crippen LogP contribution is 2.43. The second-order valence-corrected chi connectivity index (χ2v) is 16.9. The Bertz CT molecular complexity index is 2400. The summed E-state index contributed by atoms with van der Waals surface area (Å²) in [6, 6.07) is 48.2. The molecule has 1 unspecified atom stereocenters. The number of anilines is 1. The molecule has 2 atom stereocenters. The smallest absolute Gasteiger partial charge is 0.356 e. The van der Waals surface area contributed by atoms with Gasteiger partial charge in [-0.3, -0.25) is 14.5 Å². The predicted molar refractivity (Wildman–Crippen MR) is 241 cm³/mol. The number of fused-ring (bicyclic) bond motifs is 1. The molecule has 61 heavy (non-hydrogen) atoms. The van der Waals surface area contributed by atoms with Crippen molar-refractivity contribution in [3.8, 4) is 0 Å². The van der Waals surface area contributed by atoms with E-state index in [4.69, 9.17) is 26.2 Å². The van der Waals surface area contributed by atoms with Gasteiger partial charge in [-0.1, -0.05) is 157 Å². The molecule has 10 nitrogen and oxygen atoms in total. The number of aromatic nitrogens is 1. The molecule has 13 heteroatoms. The maximum absolute atomic E-state index is 14.3. The van der Waals surface area contributed by atoms with Gasteiger partial charge in [0.15, 0.2) is 16.9 Å². The number of hydrogen-bond acceptors (Lipinski definition) is 10. The molecule has 0 aliphatic carbocycles. The number of rotatable bonds is 15. The summed E-state index contributed by atoms with van der Waals surface area (Å²) in [6.07, 6.45) is -1.08. The van der Waals surface area contributed by atoms with E-state index in [1.54, 1.807) is 19.2 Å². The molecule has 0 spiro atoms. The molecular weight excluding hydrogens is 826 g/mol. The van der Waals surface area contributed by atoms with Crippen molar-refractivity contribution in [3.05, 3.63) is 202 Å². The highest BCUT2D eigenvalue weighted by molar-refractivity contribution is 8.00. The fourth-order valence-corrected chi connectivity index (χ4v) is 9.90. The highest BCUT2D eigenvalue weighted by atomic mass is 35.5. The van der Waals surface area contributed by atoms with E-state index in [1.165, 1.54) is 28.0 Å². The second kappa shape index (κ2) is 18.6. The van der Waals surface area contributed by atoms with Gasteiger partial charge in [0.25, 0.3) is 11.8 Å². The van der Waals surface area contributed by atoms with Crippen molar-refractivity contribution in [3.63, 3.8) is 0 Å². The number of benzene rings is 5. The largest absolute Gasteiger partial charge is 0.448 e. The highest BCUT2D eigenvalue weighted by Gasteiger charge is 2.55. The zero-order valence-corrected chi connectivity index (χ0v) is 35.7. The Morgan fingerprint density at radius 2 is 1.33 bits per heavy atom. The van der Waals surface area contributed by atoms with Crippen LogP contribution in [0, 0.1) is 0 Å². The molecule has 6 aromatic rings. The lowest BCUT2D eigenvalue weighted by molar-refractivity contribution is -0.154. The number of thioether (sulfide) groups is 1. The van der Waals surface area contributed by atoms with E-state index in [1.807, 2.05) is 115 Å². The molecule has 2 N–H and O–H groups in total. The van der Waals surface area contributed by atoms with Crippen LogP contribution in [-0.2, 0) is 29.5 Å². The van der Waals surface area contributed by atoms with Gasteiger partial charge in [0.2, 0.25) is 0 Å². The number of β-lactam (4-membered cyclic amide) rings is 1. The third kappa shape index (κ3) is 8.56. The Balaban J connectivity index is 1.05. The summed E-state index contributed by atoms with van der Waals surface area (Å²) in [5, 5.41) is 12.6. The van der Waals surface area contributed by atoms with Gasteiger partial charge in [-0.05, 0) is 47.2 Å². The van der Waals surface area contributed by atoms with Crippen LogP contribution in [0.25, 0.3) is 0 Å². The van der Waals surface area contributed by atoms with E-state index < -0.39 is 40.8 Å². The summed E-state index contributed by atoms with van der Waals surface area (Å²) >= 11 is 9.11. The lowest BCUT2D eigenvalue weighted by atomic mass is 9.77. The summed E-state index contributed by atoms with van der Waals surface area (Å²) in [6.45, 7) is 3.60. The third-order valence-corrected chi connectivity index (χ3v) is 12.8. The van der Waals surface area contributed by atoms with Crippen molar-refractivity contribution in [1.82, 2.24) is 15.2 Å². The topological polar surface area (TPSA) is 122 Å². The summed E-state index contributed by atoms with van der Waals surface area (Å²) in [4.78, 5) is 54.4. The minimum Gasteiger partial charge on any atom is -0.448 e. The average Bonchev–Trinajstić information content (AvgIpc) is 3.77. The van der Waals surface area contributed by atoms with Gasteiger partial charge in [-0.2, -0.15) is 0 Å². The number of thiazole rings is 1. The van der Waals surface area contributed by atoms with Crippen LogP contribution >= 0.6 is 34.7 Å². The number of oxime groups is 1. The fraction of sp³-hybridized carbons (Fsp3) is 0.188. The van der Waals surface area contributed by atoms with Gasteiger partial charge in [0, 0.05) is 17.0 Å². The molecule has 2 amide bonds. The van der Waals surface area contributed by atoms with Crippen molar-refractivity contribution >= 4 is 63.3 Å². The first-order valence-corrected chi connectivity index (χ1v) is 22.2. The lowest BCUT2D eigenvalue weighted by Gasteiger charge is -2.49. The molecule has 5 aromatic carbocycles. The molecule has 2 aliphatic heterocycles. The molecule has 2 aliphatic rings. The summed E-state index contributed by atoms with van der Waals surface area (Å²) in [5.74, 6) is -1.42. The number of nitrogens with zero attached hydrogens (tertiary/aromatic N) is 3. The Kier molecular flexibility index (Phi) is 12.7. The zero-order valence-electron chi connectivity index (χ0n) is 33.3. The van der Waals surface area contributed by atoms with Crippen molar-refractivity contribution < 1.29 is 24.0 Å². The first-order chi connectivity index (χ1) is 29.8. The van der Waals surface area contributed by atoms with Gasteiger partial charge in [0.1, 0.15) is 34.4 Å². The number of carbonyl (C=O) groups excluding carboxylic acids is 3. The Morgan fingerprint density at radius 3 is 1.82 bits per heavy atom. The van der Waals surface area contributed by atoms with Crippen LogP contribution in [0.4, 0.5) is 5.13 Å². The van der Waals surface area contributed by atoms with Crippen LogP contribution in [0.2, 0.25) is 0 Å². The number of hydrogen-bond donors (Lipinski definition) is 2. The van der Waals surface area contributed by atoms with E-state index in [9.17, 15) is 14.4 Å². The molecule has 0 bridgehead atoms. The number of halogens is 1. The number of alkyl halides is 1. The number of amides is 2.